The number of hydrazone groups is 1. The van der Waals surface area contributed by atoms with Crippen molar-refractivity contribution >= 4 is 11.6 Å². The van der Waals surface area contributed by atoms with Crippen LogP contribution in [0.5, 0.6) is 5.75 Å². The topological polar surface area (TPSA) is 64.9 Å². The van der Waals surface area contributed by atoms with E-state index in [-0.39, 0.29) is 11.7 Å². The number of carbonyl (C=O) groups is 1. The number of phenolic OH excluding ortho intramolecular Hbond substituents is 1. The molecule has 0 spiro atoms. The van der Waals surface area contributed by atoms with Crippen LogP contribution in [0.25, 0.3) is 0 Å². The largest absolute Gasteiger partial charge is 0.507 e. The molecule has 0 atom stereocenters. The van der Waals surface area contributed by atoms with Gasteiger partial charge in [-0.25, -0.2) is 5.43 Å². The van der Waals surface area contributed by atoms with E-state index in [1.165, 1.54) is 19.3 Å². The van der Waals surface area contributed by atoms with E-state index in [4.69, 9.17) is 0 Å². The Morgan fingerprint density at radius 2 is 2.05 bits per heavy atom. The number of rotatable bonds is 5. The molecule has 0 aromatic heterocycles. The van der Waals surface area contributed by atoms with Crippen molar-refractivity contribution in [3.05, 3.63) is 29.3 Å². The smallest absolute Gasteiger partial charge is 0.241 e. The minimum atomic E-state index is -0.0860. The van der Waals surface area contributed by atoms with Crippen LogP contribution in [-0.2, 0) is 4.79 Å². The van der Waals surface area contributed by atoms with Crippen LogP contribution in [0.3, 0.4) is 0 Å². The summed E-state index contributed by atoms with van der Waals surface area (Å²) >= 11 is 0. The van der Waals surface area contributed by atoms with Gasteiger partial charge in [0.25, 0.3) is 0 Å². The van der Waals surface area contributed by atoms with Crippen LogP contribution in [0.1, 0.15) is 43.7 Å². The van der Waals surface area contributed by atoms with Crippen LogP contribution in [0.4, 0.5) is 0 Å². The van der Waals surface area contributed by atoms with E-state index in [1.54, 1.807) is 13.0 Å². The second-order valence-electron chi connectivity index (χ2n) is 5.91. The van der Waals surface area contributed by atoms with Gasteiger partial charge in [-0.3, -0.25) is 4.79 Å². The number of benzene rings is 1. The lowest BCUT2D eigenvalue weighted by Gasteiger charge is -2.25. The van der Waals surface area contributed by atoms with Crippen LogP contribution in [0.15, 0.2) is 23.3 Å². The third-order valence-corrected chi connectivity index (χ3v) is 3.99. The minimum absolute atomic E-state index is 0.0860. The maximum atomic E-state index is 11.9. The van der Waals surface area contributed by atoms with Crippen LogP contribution in [0, 0.1) is 6.92 Å². The summed E-state index contributed by atoms with van der Waals surface area (Å²) in [5.41, 5.74) is 4.87. The molecule has 2 rings (SSSR count). The van der Waals surface area contributed by atoms with Gasteiger partial charge in [0.15, 0.2) is 0 Å². The fourth-order valence-electron chi connectivity index (χ4n) is 2.64. The Morgan fingerprint density at radius 3 is 2.77 bits per heavy atom. The lowest BCUT2D eigenvalue weighted by Crippen LogP contribution is -2.33. The molecule has 5 nitrogen and oxygen atoms in total. The first-order valence-electron chi connectivity index (χ1n) is 7.92. The Bertz CT molecular complexity index is 549. The molecule has 0 saturated carbocycles. The van der Waals surface area contributed by atoms with Gasteiger partial charge < -0.3 is 10.0 Å². The average molecular weight is 303 g/mol. The molecule has 1 aliphatic heterocycles. The molecule has 0 bridgehead atoms. The monoisotopic (exact) mass is 303 g/mol. The molecular weight excluding hydrogens is 278 g/mol. The number of phenols is 1. The Hall–Kier alpha value is -1.88. The van der Waals surface area contributed by atoms with Crippen molar-refractivity contribution in [2.24, 2.45) is 5.10 Å². The van der Waals surface area contributed by atoms with E-state index in [2.05, 4.69) is 15.4 Å². The number of amides is 1. The first kappa shape index (κ1) is 16.5. The molecular formula is C17H25N3O2. The van der Waals surface area contributed by atoms with Gasteiger partial charge in [-0.1, -0.05) is 18.1 Å². The maximum absolute atomic E-state index is 11.9. The molecule has 22 heavy (non-hydrogen) atoms. The van der Waals surface area contributed by atoms with Gasteiger partial charge in [-0.2, -0.15) is 5.10 Å². The molecule has 5 heteroatoms. The van der Waals surface area contributed by atoms with Crippen LogP contribution in [-0.4, -0.2) is 41.3 Å². The van der Waals surface area contributed by atoms with E-state index in [0.29, 0.717) is 17.7 Å². The van der Waals surface area contributed by atoms with Gasteiger partial charge in [0.05, 0.1) is 5.71 Å². The molecule has 1 saturated heterocycles. The van der Waals surface area contributed by atoms with Crippen molar-refractivity contribution in [1.82, 2.24) is 10.3 Å². The molecule has 1 aliphatic rings. The Morgan fingerprint density at radius 1 is 1.32 bits per heavy atom. The zero-order valence-corrected chi connectivity index (χ0v) is 13.4. The number of aryl methyl sites for hydroxylation is 1. The summed E-state index contributed by atoms with van der Waals surface area (Å²) < 4.78 is 0. The quantitative estimate of drug-likeness (QED) is 0.648. The van der Waals surface area contributed by atoms with Crippen LogP contribution in [0.2, 0.25) is 0 Å². The zero-order chi connectivity index (χ0) is 15.9. The summed E-state index contributed by atoms with van der Waals surface area (Å²) in [6.07, 6.45) is 4.21. The zero-order valence-electron chi connectivity index (χ0n) is 13.4. The standard InChI is InChI=1S/C17H25N3O2/c1-13-6-7-16(21)15(12-13)14(2)18-19-17(22)8-11-20-9-4-3-5-10-20/h6-7,12,21H,3-5,8-11H2,1-2H3,(H,19,22)/b18-14+. The normalized spacial score (nSPS) is 16.5. The van der Waals surface area contributed by atoms with Crippen molar-refractivity contribution in [3.8, 4) is 5.75 Å². The number of hydrogen-bond acceptors (Lipinski definition) is 4. The Balaban J connectivity index is 1.84. The van der Waals surface area contributed by atoms with Crippen molar-refractivity contribution < 1.29 is 9.90 Å². The lowest BCUT2D eigenvalue weighted by atomic mass is 10.1. The molecule has 120 valence electrons. The molecule has 0 unspecified atom stereocenters. The second kappa shape index (κ2) is 7.94. The predicted molar refractivity (Wildman–Crippen MR) is 88.1 cm³/mol. The molecule has 1 heterocycles. The highest BCUT2D eigenvalue weighted by Gasteiger charge is 2.11. The predicted octanol–water partition coefficient (Wildman–Crippen LogP) is 2.42. The number of nitrogens with zero attached hydrogens (tertiary/aromatic N) is 2. The maximum Gasteiger partial charge on any atom is 0.241 e. The van der Waals surface area contributed by atoms with E-state index < -0.39 is 0 Å². The van der Waals surface area contributed by atoms with E-state index >= 15 is 0 Å². The van der Waals surface area contributed by atoms with Gasteiger partial charge in [-0.15, -0.1) is 0 Å². The minimum Gasteiger partial charge on any atom is -0.507 e. The molecule has 1 aromatic rings. The summed E-state index contributed by atoms with van der Waals surface area (Å²) in [5, 5.41) is 13.9. The number of hydrogen-bond donors (Lipinski definition) is 2. The van der Waals surface area contributed by atoms with Crippen molar-refractivity contribution in [1.29, 1.82) is 0 Å². The highest BCUT2D eigenvalue weighted by atomic mass is 16.3. The SMILES string of the molecule is C/C(=N\NC(=O)CCN1CCCCC1)c1cc(C)ccc1O. The van der Waals surface area contributed by atoms with E-state index in [1.807, 2.05) is 19.1 Å². The number of piperidine rings is 1. The average Bonchev–Trinajstić information content (AvgIpc) is 2.54. The number of carbonyl (C=O) groups excluding carboxylic acids is 1. The Labute approximate surface area is 132 Å². The Kier molecular flexibility index (Phi) is 5.95. The molecule has 1 fully saturated rings. The number of likely N-dealkylation sites (tertiary alicyclic amines) is 1. The highest BCUT2D eigenvalue weighted by Crippen LogP contribution is 2.18. The molecule has 1 amide bonds. The summed E-state index contributed by atoms with van der Waals surface area (Å²) in [7, 11) is 0. The van der Waals surface area contributed by atoms with Crippen LogP contribution >= 0.6 is 0 Å². The molecule has 1 aromatic carbocycles. The summed E-state index contributed by atoms with van der Waals surface area (Å²) in [4.78, 5) is 14.2. The van der Waals surface area contributed by atoms with Gasteiger partial charge in [0.1, 0.15) is 5.75 Å². The van der Waals surface area contributed by atoms with Crippen molar-refractivity contribution in [2.45, 2.75) is 39.5 Å². The summed E-state index contributed by atoms with van der Waals surface area (Å²) in [6, 6.07) is 5.33. The fourth-order valence-corrected chi connectivity index (χ4v) is 2.64. The number of aromatic hydroxyl groups is 1. The van der Waals surface area contributed by atoms with Gasteiger partial charge in [-0.05, 0) is 51.9 Å². The van der Waals surface area contributed by atoms with Crippen LogP contribution < -0.4 is 5.43 Å². The molecule has 0 aliphatic carbocycles. The van der Waals surface area contributed by atoms with Gasteiger partial charge in [0.2, 0.25) is 5.91 Å². The third-order valence-electron chi connectivity index (χ3n) is 3.99. The fraction of sp³-hybridized carbons (Fsp3) is 0.529. The second-order valence-corrected chi connectivity index (χ2v) is 5.91. The molecule has 2 N–H and O–H groups in total. The first-order valence-corrected chi connectivity index (χ1v) is 7.92. The highest BCUT2D eigenvalue weighted by molar-refractivity contribution is 6.01. The van der Waals surface area contributed by atoms with Gasteiger partial charge >= 0.3 is 0 Å². The lowest BCUT2D eigenvalue weighted by molar-refractivity contribution is -0.121. The third kappa shape index (κ3) is 4.84. The van der Waals surface area contributed by atoms with Crippen molar-refractivity contribution in [2.75, 3.05) is 19.6 Å². The van der Waals surface area contributed by atoms with Crippen molar-refractivity contribution in [3.63, 3.8) is 0 Å². The molecule has 0 radical (unpaired) electrons. The first-order chi connectivity index (χ1) is 10.6. The summed E-state index contributed by atoms with van der Waals surface area (Å²) in [5.74, 6) is 0.0893. The van der Waals surface area contributed by atoms with Gasteiger partial charge in [0, 0.05) is 18.5 Å². The summed E-state index contributed by atoms with van der Waals surface area (Å²) in [6.45, 7) is 6.70. The van der Waals surface area contributed by atoms with E-state index in [9.17, 15) is 9.90 Å². The van der Waals surface area contributed by atoms with E-state index in [0.717, 1.165) is 25.2 Å². The number of nitrogens with one attached hydrogen (secondary N) is 1.